The van der Waals surface area contributed by atoms with Crippen LogP contribution in [0.1, 0.15) is 16.8 Å². The monoisotopic (exact) mass is 506 g/mol. The van der Waals surface area contributed by atoms with Gasteiger partial charge in [0.05, 0.1) is 11.4 Å². The highest BCUT2D eigenvalue weighted by molar-refractivity contribution is 7.15. The first-order valence-electron chi connectivity index (χ1n) is 10.9. The number of thiazole rings is 1. The van der Waals surface area contributed by atoms with Crippen LogP contribution in [0.2, 0.25) is 5.02 Å². The second-order valence-electron chi connectivity index (χ2n) is 7.68. The molecule has 0 aliphatic heterocycles. The highest BCUT2D eigenvalue weighted by atomic mass is 35.5. The Morgan fingerprint density at radius 2 is 1.94 bits per heavy atom. The van der Waals surface area contributed by atoms with E-state index in [2.05, 4.69) is 20.6 Å². The number of fused-ring (bicyclic) bond motifs is 1. The summed E-state index contributed by atoms with van der Waals surface area (Å²) < 4.78 is 15.8. The fourth-order valence-electron chi connectivity index (χ4n) is 3.64. The molecule has 0 aliphatic carbocycles. The first kappa shape index (κ1) is 22.9. The zero-order valence-corrected chi connectivity index (χ0v) is 20.0. The lowest BCUT2D eigenvalue weighted by atomic mass is 10.1. The van der Waals surface area contributed by atoms with Crippen molar-refractivity contribution in [2.75, 3.05) is 18.4 Å². The molecule has 0 spiro atoms. The molecular formula is C25H20ClFN6OS. The second-order valence-corrected chi connectivity index (χ2v) is 8.99. The Morgan fingerprint density at radius 3 is 2.77 bits per heavy atom. The van der Waals surface area contributed by atoms with Crippen LogP contribution in [0.15, 0.2) is 72.4 Å². The number of hydrogen-bond donors (Lipinski definition) is 2. The van der Waals surface area contributed by atoms with Crippen molar-refractivity contribution in [3.8, 4) is 22.6 Å². The SMILES string of the molecule is O=C(NCCCNc1nccc(-c2c(-c3cccc(F)c3)nc3sccn23)n1)c1ccc(Cl)cc1. The van der Waals surface area contributed by atoms with Crippen molar-refractivity contribution in [2.24, 2.45) is 0 Å². The van der Waals surface area contributed by atoms with Gasteiger partial charge in [-0.1, -0.05) is 23.7 Å². The predicted octanol–water partition coefficient (Wildman–Crippen LogP) is 5.54. The standard InChI is InChI=1S/C25H20ClFN6OS/c26-18-7-5-16(6-8-18)23(34)28-10-2-11-29-24-30-12-9-20(31-24)22-21(17-3-1-4-19(27)15-17)32-25-33(22)13-14-35-25/h1,3-9,12-15H,2,10-11H2,(H,28,34)(H,29,30,31). The molecule has 10 heteroatoms. The Hall–Kier alpha value is -3.82. The fraction of sp³-hybridized carbons (Fsp3) is 0.120. The number of amides is 1. The number of nitrogens with zero attached hydrogens (tertiary/aromatic N) is 4. The number of carbonyl (C=O) groups is 1. The molecule has 35 heavy (non-hydrogen) atoms. The molecule has 0 unspecified atom stereocenters. The smallest absolute Gasteiger partial charge is 0.251 e. The van der Waals surface area contributed by atoms with Crippen molar-refractivity contribution in [1.82, 2.24) is 24.7 Å². The third-order valence-corrected chi connectivity index (χ3v) is 6.30. The number of rotatable bonds is 8. The number of carbonyl (C=O) groups excluding carboxylic acids is 1. The summed E-state index contributed by atoms with van der Waals surface area (Å²) in [5, 5.41) is 8.62. The van der Waals surface area contributed by atoms with Crippen LogP contribution in [0.25, 0.3) is 27.6 Å². The van der Waals surface area contributed by atoms with Crippen molar-refractivity contribution in [3.63, 3.8) is 0 Å². The molecule has 0 saturated heterocycles. The van der Waals surface area contributed by atoms with E-state index in [1.165, 1.54) is 23.5 Å². The molecule has 3 heterocycles. The van der Waals surface area contributed by atoms with Gasteiger partial charge < -0.3 is 10.6 Å². The normalized spacial score (nSPS) is 11.0. The Bertz CT molecular complexity index is 1480. The number of anilines is 1. The van der Waals surface area contributed by atoms with E-state index >= 15 is 0 Å². The van der Waals surface area contributed by atoms with Gasteiger partial charge in [-0.25, -0.2) is 19.3 Å². The third kappa shape index (κ3) is 5.16. The Labute approximate surface area is 209 Å². The van der Waals surface area contributed by atoms with Gasteiger partial charge in [-0.05, 0) is 48.9 Å². The summed E-state index contributed by atoms with van der Waals surface area (Å²) in [6, 6.07) is 14.9. The van der Waals surface area contributed by atoms with Crippen LogP contribution in [-0.2, 0) is 0 Å². The minimum atomic E-state index is -0.321. The summed E-state index contributed by atoms with van der Waals surface area (Å²) in [7, 11) is 0. The van der Waals surface area contributed by atoms with Gasteiger partial charge in [-0.2, -0.15) is 0 Å². The van der Waals surface area contributed by atoms with Gasteiger partial charge in [0.2, 0.25) is 5.95 Å². The van der Waals surface area contributed by atoms with E-state index in [9.17, 15) is 9.18 Å². The quantitative estimate of drug-likeness (QED) is 0.270. The van der Waals surface area contributed by atoms with Crippen LogP contribution in [0.5, 0.6) is 0 Å². The molecule has 5 rings (SSSR count). The summed E-state index contributed by atoms with van der Waals surface area (Å²) in [6.07, 6.45) is 4.28. The van der Waals surface area contributed by atoms with Crippen molar-refractivity contribution in [3.05, 3.63) is 88.8 Å². The zero-order chi connectivity index (χ0) is 24.2. The van der Waals surface area contributed by atoms with E-state index in [1.807, 2.05) is 22.0 Å². The van der Waals surface area contributed by atoms with Crippen LogP contribution >= 0.6 is 22.9 Å². The number of aromatic nitrogens is 4. The maximum atomic E-state index is 13.9. The summed E-state index contributed by atoms with van der Waals surface area (Å²) in [5.74, 6) is -0.00907. The van der Waals surface area contributed by atoms with E-state index in [0.29, 0.717) is 53.0 Å². The Kier molecular flexibility index (Phi) is 6.69. The van der Waals surface area contributed by atoms with E-state index in [0.717, 1.165) is 10.7 Å². The Balaban J connectivity index is 1.27. The summed E-state index contributed by atoms with van der Waals surface area (Å²) in [4.78, 5) is 26.7. The largest absolute Gasteiger partial charge is 0.354 e. The second kappa shape index (κ2) is 10.2. The molecule has 5 aromatic rings. The number of benzene rings is 2. The van der Waals surface area contributed by atoms with E-state index in [4.69, 9.17) is 16.6 Å². The molecule has 2 N–H and O–H groups in total. The maximum absolute atomic E-state index is 13.9. The summed E-state index contributed by atoms with van der Waals surface area (Å²) in [6.45, 7) is 1.07. The lowest BCUT2D eigenvalue weighted by Gasteiger charge is -2.09. The van der Waals surface area contributed by atoms with Crippen molar-refractivity contribution >= 4 is 39.8 Å². The first-order valence-corrected chi connectivity index (χ1v) is 12.2. The molecule has 7 nitrogen and oxygen atoms in total. The summed E-state index contributed by atoms with van der Waals surface area (Å²) in [5.41, 5.74) is 3.34. The van der Waals surface area contributed by atoms with Crippen molar-refractivity contribution in [2.45, 2.75) is 6.42 Å². The molecule has 2 aromatic carbocycles. The van der Waals surface area contributed by atoms with Crippen LogP contribution in [-0.4, -0.2) is 38.3 Å². The van der Waals surface area contributed by atoms with Crippen molar-refractivity contribution in [1.29, 1.82) is 0 Å². The minimum absolute atomic E-state index is 0.148. The molecule has 0 saturated carbocycles. The van der Waals surface area contributed by atoms with Crippen molar-refractivity contribution < 1.29 is 9.18 Å². The molecule has 0 aliphatic rings. The molecule has 0 fully saturated rings. The van der Waals surface area contributed by atoms with Gasteiger partial charge in [-0.15, -0.1) is 11.3 Å². The molecule has 0 atom stereocenters. The Morgan fingerprint density at radius 1 is 1.09 bits per heavy atom. The number of imidazole rings is 1. The lowest BCUT2D eigenvalue weighted by molar-refractivity contribution is 0.0953. The average molecular weight is 507 g/mol. The molecule has 0 radical (unpaired) electrons. The van der Waals surface area contributed by atoms with Crippen LogP contribution in [0, 0.1) is 5.82 Å². The first-order chi connectivity index (χ1) is 17.1. The number of nitrogens with one attached hydrogen (secondary N) is 2. The number of halogens is 2. The highest BCUT2D eigenvalue weighted by Gasteiger charge is 2.18. The maximum Gasteiger partial charge on any atom is 0.251 e. The zero-order valence-electron chi connectivity index (χ0n) is 18.4. The number of hydrogen-bond acceptors (Lipinski definition) is 6. The third-order valence-electron chi connectivity index (χ3n) is 5.29. The van der Waals surface area contributed by atoms with Gasteiger partial charge in [0.15, 0.2) is 4.96 Å². The topological polar surface area (TPSA) is 84.2 Å². The lowest BCUT2D eigenvalue weighted by Crippen LogP contribution is -2.25. The van der Waals surface area contributed by atoms with Gasteiger partial charge >= 0.3 is 0 Å². The van der Waals surface area contributed by atoms with E-state index in [-0.39, 0.29) is 11.7 Å². The van der Waals surface area contributed by atoms with E-state index in [1.54, 1.807) is 42.6 Å². The molecule has 3 aromatic heterocycles. The van der Waals surface area contributed by atoms with Crippen LogP contribution in [0.3, 0.4) is 0 Å². The van der Waals surface area contributed by atoms with E-state index < -0.39 is 0 Å². The molecule has 1 amide bonds. The average Bonchev–Trinajstić information content (AvgIpc) is 3.46. The highest BCUT2D eigenvalue weighted by Crippen LogP contribution is 2.33. The van der Waals surface area contributed by atoms with Gasteiger partial charge in [0.25, 0.3) is 5.91 Å². The fourth-order valence-corrected chi connectivity index (χ4v) is 4.48. The van der Waals surface area contributed by atoms with Crippen LogP contribution in [0.4, 0.5) is 10.3 Å². The van der Waals surface area contributed by atoms with Crippen LogP contribution < -0.4 is 10.6 Å². The van der Waals surface area contributed by atoms with Gasteiger partial charge in [-0.3, -0.25) is 9.20 Å². The summed E-state index contributed by atoms with van der Waals surface area (Å²) >= 11 is 7.36. The molecule has 0 bridgehead atoms. The minimum Gasteiger partial charge on any atom is -0.354 e. The molecule has 176 valence electrons. The van der Waals surface area contributed by atoms with Gasteiger partial charge in [0.1, 0.15) is 11.5 Å². The predicted molar refractivity (Wildman–Crippen MR) is 136 cm³/mol. The van der Waals surface area contributed by atoms with Gasteiger partial charge in [0, 0.05) is 47.0 Å². The molecular weight excluding hydrogens is 487 g/mol.